The average molecular weight is 239 g/mol. The molecule has 0 atom stereocenters. The SMILES string of the molecule is COc1ccc(/C=N/N=Nc2ccccc2)cc1. The van der Waals surface area contributed by atoms with Gasteiger partial charge in [-0.25, -0.2) is 0 Å². The van der Waals surface area contributed by atoms with Gasteiger partial charge in [-0.2, -0.15) is 0 Å². The predicted octanol–water partition coefficient (Wildman–Crippen LogP) is 3.81. The Balaban J connectivity index is 1.96. The summed E-state index contributed by atoms with van der Waals surface area (Å²) in [5.74, 6) is 0.818. The molecule has 4 nitrogen and oxygen atoms in total. The summed E-state index contributed by atoms with van der Waals surface area (Å²) in [6, 6.07) is 17.0. The van der Waals surface area contributed by atoms with Gasteiger partial charge in [-0.15, -0.1) is 10.2 Å². The van der Waals surface area contributed by atoms with Gasteiger partial charge in [-0.3, -0.25) is 0 Å². The van der Waals surface area contributed by atoms with E-state index in [9.17, 15) is 0 Å². The van der Waals surface area contributed by atoms with Crippen LogP contribution < -0.4 is 4.74 Å². The van der Waals surface area contributed by atoms with Crippen molar-refractivity contribution < 1.29 is 4.74 Å². The molecule has 0 radical (unpaired) electrons. The molecule has 2 aromatic rings. The first-order valence-corrected chi connectivity index (χ1v) is 5.51. The van der Waals surface area contributed by atoms with Crippen LogP contribution in [0.4, 0.5) is 5.69 Å². The number of rotatable bonds is 4. The minimum Gasteiger partial charge on any atom is -0.497 e. The number of hydrogen-bond acceptors (Lipinski definition) is 3. The highest BCUT2D eigenvalue weighted by Gasteiger charge is 1.90. The number of benzene rings is 2. The van der Waals surface area contributed by atoms with Crippen LogP contribution in [0.2, 0.25) is 0 Å². The molecule has 2 aromatic carbocycles. The maximum Gasteiger partial charge on any atom is 0.118 e. The first-order chi connectivity index (χ1) is 8.88. The van der Waals surface area contributed by atoms with E-state index in [0.29, 0.717) is 0 Å². The van der Waals surface area contributed by atoms with E-state index in [1.54, 1.807) is 13.3 Å². The number of nitrogens with zero attached hydrogens (tertiary/aromatic N) is 3. The minimum atomic E-state index is 0.782. The molecule has 0 unspecified atom stereocenters. The molecular weight excluding hydrogens is 226 g/mol. The van der Waals surface area contributed by atoms with Crippen LogP contribution in [0.5, 0.6) is 5.75 Å². The molecule has 18 heavy (non-hydrogen) atoms. The van der Waals surface area contributed by atoms with Gasteiger partial charge in [-0.1, -0.05) is 18.2 Å². The smallest absolute Gasteiger partial charge is 0.118 e. The van der Waals surface area contributed by atoms with Gasteiger partial charge in [0.05, 0.1) is 19.0 Å². The molecule has 0 aliphatic carbocycles. The van der Waals surface area contributed by atoms with Crippen LogP contribution in [0, 0.1) is 0 Å². The lowest BCUT2D eigenvalue weighted by atomic mass is 10.2. The van der Waals surface area contributed by atoms with E-state index >= 15 is 0 Å². The molecule has 0 aromatic heterocycles. The quantitative estimate of drug-likeness (QED) is 0.454. The van der Waals surface area contributed by atoms with Gasteiger partial charge in [-0.05, 0) is 47.2 Å². The summed E-state index contributed by atoms with van der Waals surface area (Å²) in [5.41, 5.74) is 1.73. The van der Waals surface area contributed by atoms with Crippen molar-refractivity contribution in [3.05, 3.63) is 60.2 Å². The molecule has 90 valence electrons. The molecule has 0 aliphatic heterocycles. The normalized spacial score (nSPS) is 11.2. The zero-order chi connectivity index (χ0) is 12.6. The highest BCUT2D eigenvalue weighted by Crippen LogP contribution is 2.11. The summed E-state index contributed by atoms with van der Waals surface area (Å²) >= 11 is 0. The van der Waals surface area contributed by atoms with Crippen molar-refractivity contribution in [2.75, 3.05) is 7.11 Å². The molecule has 0 amide bonds. The van der Waals surface area contributed by atoms with Gasteiger partial charge in [0.15, 0.2) is 0 Å². The summed E-state index contributed by atoms with van der Waals surface area (Å²) in [4.78, 5) is 0. The van der Waals surface area contributed by atoms with Crippen LogP contribution in [0.3, 0.4) is 0 Å². The van der Waals surface area contributed by atoms with E-state index in [-0.39, 0.29) is 0 Å². The van der Waals surface area contributed by atoms with E-state index in [1.807, 2.05) is 54.6 Å². The lowest BCUT2D eigenvalue weighted by Gasteiger charge is -1.97. The molecule has 0 bridgehead atoms. The molecule has 0 saturated heterocycles. The van der Waals surface area contributed by atoms with Crippen molar-refractivity contribution in [1.82, 2.24) is 0 Å². The average Bonchev–Trinajstić information content (AvgIpc) is 2.45. The third kappa shape index (κ3) is 3.52. The summed E-state index contributed by atoms with van der Waals surface area (Å²) < 4.78 is 5.07. The Morgan fingerprint density at radius 1 is 0.944 bits per heavy atom. The van der Waals surface area contributed by atoms with Gasteiger partial charge in [0, 0.05) is 0 Å². The number of methoxy groups -OCH3 is 1. The van der Waals surface area contributed by atoms with Crippen molar-refractivity contribution in [3.63, 3.8) is 0 Å². The summed E-state index contributed by atoms with van der Waals surface area (Å²) in [6.45, 7) is 0. The third-order valence-electron chi connectivity index (χ3n) is 2.29. The molecule has 4 heteroatoms. The van der Waals surface area contributed by atoms with Crippen LogP contribution in [0.25, 0.3) is 0 Å². The van der Waals surface area contributed by atoms with Crippen molar-refractivity contribution in [2.24, 2.45) is 15.4 Å². The van der Waals surface area contributed by atoms with Crippen LogP contribution in [-0.2, 0) is 0 Å². The molecule has 2 rings (SSSR count). The monoisotopic (exact) mass is 239 g/mol. The fourth-order valence-electron chi connectivity index (χ4n) is 1.35. The fraction of sp³-hybridized carbons (Fsp3) is 0.0714. The van der Waals surface area contributed by atoms with Crippen LogP contribution in [0.15, 0.2) is 70.0 Å². The Hall–Kier alpha value is -2.49. The van der Waals surface area contributed by atoms with Crippen molar-refractivity contribution in [3.8, 4) is 5.75 Å². The van der Waals surface area contributed by atoms with Crippen molar-refractivity contribution >= 4 is 11.9 Å². The summed E-state index contributed by atoms with van der Waals surface area (Å²) in [7, 11) is 1.64. The first-order valence-electron chi connectivity index (χ1n) is 5.51. The van der Waals surface area contributed by atoms with E-state index in [1.165, 1.54) is 0 Å². The van der Waals surface area contributed by atoms with E-state index in [0.717, 1.165) is 17.0 Å². The van der Waals surface area contributed by atoms with Gasteiger partial charge < -0.3 is 4.74 Å². The van der Waals surface area contributed by atoms with Crippen LogP contribution in [0.1, 0.15) is 5.56 Å². The highest BCUT2D eigenvalue weighted by molar-refractivity contribution is 5.79. The second-order valence-corrected chi connectivity index (χ2v) is 3.54. The molecule has 0 fully saturated rings. The lowest BCUT2D eigenvalue weighted by molar-refractivity contribution is 0.415. The number of hydrogen-bond donors (Lipinski definition) is 0. The van der Waals surface area contributed by atoms with Gasteiger partial charge in [0.2, 0.25) is 0 Å². The third-order valence-corrected chi connectivity index (χ3v) is 2.29. The second kappa shape index (κ2) is 6.30. The van der Waals surface area contributed by atoms with E-state index in [2.05, 4.69) is 15.4 Å². The zero-order valence-corrected chi connectivity index (χ0v) is 10.0. The number of ether oxygens (including phenoxy) is 1. The highest BCUT2D eigenvalue weighted by atomic mass is 16.5. The van der Waals surface area contributed by atoms with E-state index in [4.69, 9.17) is 4.74 Å². The Labute approximate surface area is 106 Å². The van der Waals surface area contributed by atoms with Gasteiger partial charge in [0.25, 0.3) is 0 Å². The lowest BCUT2D eigenvalue weighted by Crippen LogP contribution is -1.83. The Kier molecular flexibility index (Phi) is 4.19. The first kappa shape index (κ1) is 12.0. The maximum atomic E-state index is 5.07. The second-order valence-electron chi connectivity index (χ2n) is 3.54. The summed E-state index contributed by atoms with van der Waals surface area (Å²) in [6.07, 6.45) is 1.64. The van der Waals surface area contributed by atoms with Gasteiger partial charge >= 0.3 is 0 Å². The molecule has 0 N–H and O–H groups in total. The summed E-state index contributed by atoms with van der Waals surface area (Å²) in [5, 5.41) is 11.6. The molecule has 0 saturated carbocycles. The Bertz CT molecular complexity index is 533. The van der Waals surface area contributed by atoms with Crippen LogP contribution >= 0.6 is 0 Å². The molecule has 0 aliphatic rings. The van der Waals surface area contributed by atoms with Crippen molar-refractivity contribution in [1.29, 1.82) is 0 Å². The molecule has 0 heterocycles. The topological polar surface area (TPSA) is 46.3 Å². The zero-order valence-electron chi connectivity index (χ0n) is 10.0. The molecular formula is C14H13N3O. The van der Waals surface area contributed by atoms with E-state index < -0.39 is 0 Å². The van der Waals surface area contributed by atoms with Gasteiger partial charge in [0.1, 0.15) is 5.75 Å². The Morgan fingerprint density at radius 3 is 2.33 bits per heavy atom. The fourth-order valence-corrected chi connectivity index (χ4v) is 1.35. The predicted molar refractivity (Wildman–Crippen MR) is 71.5 cm³/mol. The standard InChI is InChI=1S/C14H13N3O/c1-18-14-9-7-12(8-10-14)11-15-17-16-13-5-3-2-4-6-13/h2-11H,1H3/b15-11+,17-16?. The Morgan fingerprint density at radius 2 is 1.67 bits per heavy atom. The minimum absolute atomic E-state index is 0.782. The van der Waals surface area contributed by atoms with Crippen LogP contribution in [-0.4, -0.2) is 13.3 Å². The van der Waals surface area contributed by atoms with Crippen molar-refractivity contribution in [2.45, 2.75) is 0 Å². The maximum absolute atomic E-state index is 5.07. The molecule has 0 spiro atoms. The largest absolute Gasteiger partial charge is 0.497 e.